The molecule has 140 valence electrons. The lowest BCUT2D eigenvalue weighted by molar-refractivity contribution is 0.0110. The fourth-order valence-corrected chi connectivity index (χ4v) is 4.64. The second kappa shape index (κ2) is 7.35. The molecule has 1 saturated heterocycles. The van der Waals surface area contributed by atoms with Gasteiger partial charge in [0.15, 0.2) is 5.82 Å². The Bertz CT molecular complexity index is 729. The SMILES string of the molecule is COc1cccc(-n2nnnc2C2(N3CCCCC3)CCC(C)CC2)c1. The standard InChI is InChI=1S/C20H29N5O/c1-16-9-11-20(12-10-16,24-13-4-3-5-14-24)19-21-22-23-25(19)17-7-6-8-18(15-17)26-2/h6-8,15-16H,3-5,9-14H2,1-2H3. The van der Waals surface area contributed by atoms with E-state index in [2.05, 4.69) is 33.4 Å². The number of piperidine rings is 1. The zero-order chi connectivity index (χ0) is 18.0. The summed E-state index contributed by atoms with van der Waals surface area (Å²) in [6.07, 6.45) is 8.64. The predicted molar refractivity (Wildman–Crippen MR) is 100 cm³/mol. The minimum absolute atomic E-state index is 0.0422. The third kappa shape index (κ3) is 3.11. The molecule has 6 nitrogen and oxygen atoms in total. The molecule has 2 aromatic rings. The molecule has 6 heteroatoms. The van der Waals surface area contributed by atoms with Crippen LogP contribution in [-0.2, 0) is 5.54 Å². The van der Waals surface area contributed by atoms with Gasteiger partial charge in [0.2, 0.25) is 0 Å². The van der Waals surface area contributed by atoms with Gasteiger partial charge in [-0.15, -0.1) is 5.10 Å². The van der Waals surface area contributed by atoms with Gasteiger partial charge < -0.3 is 4.74 Å². The van der Waals surface area contributed by atoms with Crippen LogP contribution in [0.1, 0.15) is 57.7 Å². The summed E-state index contributed by atoms with van der Waals surface area (Å²) in [5.74, 6) is 2.61. The Hall–Kier alpha value is -1.95. The highest BCUT2D eigenvalue weighted by molar-refractivity contribution is 5.39. The summed E-state index contributed by atoms with van der Waals surface area (Å²) in [4.78, 5) is 2.67. The van der Waals surface area contributed by atoms with Crippen molar-refractivity contribution in [3.8, 4) is 11.4 Å². The molecule has 1 aliphatic carbocycles. The first-order valence-electron chi connectivity index (χ1n) is 9.91. The van der Waals surface area contributed by atoms with Crippen molar-refractivity contribution in [1.82, 2.24) is 25.1 Å². The van der Waals surface area contributed by atoms with Crippen molar-refractivity contribution < 1.29 is 4.74 Å². The first-order chi connectivity index (χ1) is 12.7. The number of hydrogen-bond donors (Lipinski definition) is 0. The second-order valence-corrected chi connectivity index (χ2v) is 7.88. The number of nitrogens with zero attached hydrogens (tertiary/aromatic N) is 5. The van der Waals surface area contributed by atoms with Gasteiger partial charge in [0, 0.05) is 6.07 Å². The molecule has 1 aromatic heterocycles. The molecule has 1 aliphatic heterocycles. The predicted octanol–water partition coefficient (Wildman–Crippen LogP) is 3.56. The highest BCUT2D eigenvalue weighted by Crippen LogP contribution is 2.44. The molecule has 0 unspecified atom stereocenters. The monoisotopic (exact) mass is 355 g/mol. The maximum absolute atomic E-state index is 5.40. The largest absolute Gasteiger partial charge is 0.497 e. The summed E-state index contributed by atoms with van der Waals surface area (Å²) in [5.41, 5.74) is 0.929. The quantitative estimate of drug-likeness (QED) is 0.839. The fraction of sp³-hybridized carbons (Fsp3) is 0.650. The van der Waals surface area contributed by atoms with Crippen LogP contribution in [0.5, 0.6) is 5.75 Å². The van der Waals surface area contributed by atoms with Crippen LogP contribution in [0.25, 0.3) is 5.69 Å². The molecule has 2 fully saturated rings. The van der Waals surface area contributed by atoms with E-state index in [1.54, 1.807) is 7.11 Å². The first-order valence-corrected chi connectivity index (χ1v) is 9.91. The van der Waals surface area contributed by atoms with Gasteiger partial charge in [-0.25, -0.2) is 0 Å². The smallest absolute Gasteiger partial charge is 0.176 e. The van der Waals surface area contributed by atoms with Crippen molar-refractivity contribution in [2.75, 3.05) is 20.2 Å². The van der Waals surface area contributed by atoms with Gasteiger partial charge >= 0.3 is 0 Å². The van der Waals surface area contributed by atoms with Crippen molar-refractivity contribution in [1.29, 1.82) is 0 Å². The summed E-state index contributed by atoms with van der Waals surface area (Å²) in [5, 5.41) is 13.0. The Morgan fingerprint density at radius 2 is 1.88 bits per heavy atom. The van der Waals surface area contributed by atoms with Crippen molar-refractivity contribution in [2.45, 2.75) is 57.4 Å². The van der Waals surface area contributed by atoms with Gasteiger partial charge in [-0.1, -0.05) is 19.4 Å². The van der Waals surface area contributed by atoms with E-state index < -0.39 is 0 Å². The number of tetrazole rings is 1. The van der Waals surface area contributed by atoms with E-state index in [0.717, 1.165) is 49.1 Å². The molecule has 0 N–H and O–H groups in total. The zero-order valence-corrected chi connectivity index (χ0v) is 15.9. The molecule has 0 amide bonds. The minimum Gasteiger partial charge on any atom is -0.497 e. The third-order valence-electron chi connectivity index (χ3n) is 6.25. The van der Waals surface area contributed by atoms with E-state index in [1.807, 2.05) is 22.9 Å². The van der Waals surface area contributed by atoms with Gasteiger partial charge in [-0.05, 0) is 80.1 Å². The molecule has 0 atom stereocenters. The summed E-state index contributed by atoms with van der Waals surface area (Å²) in [6, 6.07) is 8.01. The number of likely N-dealkylation sites (tertiary alicyclic amines) is 1. The van der Waals surface area contributed by atoms with E-state index >= 15 is 0 Å². The molecule has 1 saturated carbocycles. The Kier molecular flexibility index (Phi) is 4.94. The Balaban J connectivity index is 1.76. The minimum atomic E-state index is -0.0422. The lowest BCUT2D eigenvalue weighted by atomic mass is 9.74. The van der Waals surface area contributed by atoms with Crippen LogP contribution in [0, 0.1) is 5.92 Å². The number of methoxy groups -OCH3 is 1. The number of benzene rings is 1. The van der Waals surface area contributed by atoms with E-state index in [0.29, 0.717) is 0 Å². The van der Waals surface area contributed by atoms with Gasteiger partial charge in [0.05, 0.1) is 18.3 Å². The van der Waals surface area contributed by atoms with E-state index in [1.165, 1.54) is 32.1 Å². The summed E-state index contributed by atoms with van der Waals surface area (Å²) >= 11 is 0. The van der Waals surface area contributed by atoms with Crippen molar-refractivity contribution >= 4 is 0 Å². The lowest BCUT2D eigenvalue weighted by Crippen LogP contribution is -2.52. The summed E-state index contributed by atoms with van der Waals surface area (Å²) in [7, 11) is 1.69. The van der Waals surface area contributed by atoms with Gasteiger partial charge in [0.1, 0.15) is 5.75 Å². The number of rotatable bonds is 4. The lowest BCUT2D eigenvalue weighted by Gasteiger charge is -2.48. The van der Waals surface area contributed by atoms with Crippen molar-refractivity contribution in [3.63, 3.8) is 0 Å². The zero-order valence-electron chi connectivity index (χ0n) is 15.9. The molecule has 4 rings (SSSR count). The summed E-state index contributed by atoms with van der Waals surface area (Å²) < 4.78 is 7.34. The first kappa shape index (κ1) is 17.5. The molecular formula is C20H29N5O. The molecule has 2 aliphatic rings. The normalized spacial score (nSPS) is 27.4. The highest BCUT2D eigenvalue weighted by atomic mass is 16.5. The molecular weight excluding hydrogens is 326 g/mol. The summed E-state index contributed by atoms with van der Waals surface area (Å²) in [6.45, 7) is 4.67. The van der Waals surface area contributed by atoms with Crippen LogP contribution in [-0.4, -0.2) is 45.3 Å². The fourth-order valence-electron chi connectivity index (χ4n) is 4.64. The van der Waals surface area contributed by atoms with Gasteiger partial charge in [-0.3, -0.25) is 4.90 Å². The van der Waals surface area contributed by atoms with Crippen molar-refractivity contribution in [3.05, 3.63) is 30.1 Å². The van der Waals surface area contributed by atoms with E-state index in [-0.39, 0.29) is 5.54 Å². The second-order valence-electron chi connectivity index (χ2n) is 7.88. The maximum Gasteiger partial charge on any atom is 0.176 e. The average molecular weight is 355 g/mol. The van der Waals surface area contributed by atoms with Gasteiger partial charge in [-0.2, -0.15) is 4.68 Å². The number of aromatic nitrogens is 4. The van der Waals surface area contributed by atoms with E-state index in [4.69, 9.17) is 4.74 Å². The molecule has 26 heavy (non-hydrogen) atoms. The number of ether oxygens (including phenoxy) is 1. The molecule has 0 bridgehead atoms. The van der Waals surface area contributed by atoms with Crippen LogP contribution in [0.3, 0.4) is 0 Å². The molecule has 0 radical (unpaired) electrons. The Labute approximate surface area is 155 Å². The van der Waals surface area contributed by atoms with Crippen LogP contribution >= 0.6 is 0 Å². The van der Waals surface area contributed by atoms with Gasteiger partial charge in [0.25, 0.3) is 0 Å². The Morgan fingerprint density at radius 3 is 2.62 bits per heavy atom. The molecule has 0 spiro atoms. The Morgan fingerprint density at radius 1 is 1.12 bits per heavy atom. The average Bonchev–Trinajstić information content (AvgIpc) is 3.20. The molecule has 2 heterocycles. The highest BCUT2D eigenvalue weighted by Gasteiger charge is 2.45. The van der Waals surface area contributed by atoms with Crippen LogP contribution in [0.2, 0.25) is 0 Å². The van der Waals surface area contributed by atoms with Crippen LogP contribution in [0.15, 0.2) is 24.3 Å². The maximum atomic E-state index is 5.40. The topological polar surface area (TPSA) is 56.1 Å². The van der Waals surface area contributed by atoms with Crippen molar-refractivity contribution in [2.24, 2.45) is 5.92 Å². The molecule has 1 aromatic carbocycles. The van der Waals surface area contributed by atoms with Crippen LogP contribution < -0.4 is 4.74 Å². The number of hydrogen-bond acceptors (Lipinski definition) is 5. The van der Waals surface area contributed by atoms with E-state index in [9.17, 15) is 0 Å². The van der Waals surface area contributed by atoms with Crippen LogP contribution in [0.4, 0.5) is 0 Å². The third-order valence-corrected chi connectivity index (χ3v) is 6.25.